The smallest absolute Gasteiger partial charge is 0.317 e. The maximum Gasteiger partial charge on any atom is 0.317 e. The highest BCUT2D eigenvalue weighted by molar-refractivity contribution is 7.80. The van der Waals surface area contributed by atoms with Gasteiger partial charge in [0.15, 0.2) is 5.11 Å². The van der Waals surface area contributed by atoms with E-state index in [9.17, 15) is 103 Å². The first-order chi connectivity index (χ1) is 69.5. The summed E-state index contributed by atoms with van der Waals surface area (Å²) in [6.07, 6.45) is 3.20. The third-order valence-electron chi connectivity index (χ3n) is 25.1. The summed E-state index contributed by atoms with van der Waals surface area (Å²) in [6.45, 7) is 0.343. The Labute approximate surface area is 843 Å². The van der Waals surface area contributed by atoms with Crippen molar-refractivity contribution in [3.8, 4) is 0 Å². The highest BCUT2D eigenvalue weighted by Gasteiger charge is 2.41. The molecule has 19 N–H and O–H groups in total. The number of fused-ring (bicyclic) bond motifs is 2. The molecule has 0 bridgehead atoms. The number of aromatic nitrogens is 1. The number of ether oxygens (including phenoxy) is 2. The van der Waals surface area contributed by atoms with Crippen molar-refractivity contribution >= 4 is 141 Å². The lowest BCUT2D eigenvalue weighted by Crippen LogP contribution is -2.60. The number of rotatable bonds is 41. The van der Waals surface area contributed by atoms with Gasteiger partial charge in [0.1, 0.15) is 48.9 Å². The number of likely N-dealkylation sites (N-methyl/N-ethyl adjacent to an activating group) is 1. The van der Waals surface area contributed by atoms with Gasteiger partial charge in [-0.25, -0.2) is 4.79 Å². The molecule has 0 spiro atoms. The first kappa shape index (κ1) is 115. The number of carbonyl (C=O) groups excluding carboxylic acids is 12. The van der Waals surface area contributed by atoms with Crippen molar-refractivity contribution in [2.75, 3.05) is 183 Å². The number of anilines is 1. The number of thiocarbonyl (C=S) groups is 1. The molecule has 0 radical (unpaired) electrons. The zero-order chi connectivity index (χ0) is 105. The Kier molecular flexibility index (Phi) is 47.4. The molecule has 13 amide bonds. The summed E-state index contributed by atoms with van der Waals surface area (Å²) >= 11 is 5.54. The van der Waals surface area contributed by atoms with E-state index in [1.54, 1.807) is 122 Å². The molecule has 4 aliphatic rings. The Balaban J connectivity index is 0.863. The third-order valence-corrected chi connectivity index (χ3v) is 25.3. The summed E-state index contributed by atoms with van der Waals surface area (Å²) in [4.78, 5) is 260. The van der Waals surface area contributed by atoms with Gasteiger partial charge in [-0.05, 0) is 103 Å². The standard InChI is InChI=1S/C97H135N21O26S/c1-3-4-5-9-19-73-91(137)108-75(49-67-52-100-71-18-11-10-17-70(67)71)89(135)103-54-80(120)106-72(20-12-13-30-99-97(142)116-40-37-114(38-41-116)59-86(129)130)90(136)110-76(50-83(123)124)95(141)118-32-14-21-77(118)93(139)104-53-79(119)102-55-82(122)111(2)78(48-63-15-7-6-8-16-63)94(140)109-74(92(138)107-73)47-65-22-24-66(25-23-65)51-101-81(121)62-144-45-44-143-43-31-98-96(145)105-68-28-26-64(27-29-68)46-69-56-115(60-87(131)132)36-35-112(57-84(125)126)33-34-113(58-85(127)128)39-42-117(69)61-88(133)134/h6-8,10-11,15-18,22-29,52,69,72-78,100H,3-5,9,12-14,19-21,30-51,53-62H2,1-2H3,(H,99,142)(H,101,121)(H,102,119)(H,103,135)(H,104,139)(H,106,120)(H,107,138)(H,108,137)(H,109,140)(H,110,136)(H,123,124)(H,125,126)(H,127,128)(H,129,130)(H,131,132)(H,133,134)(H2,98,105,145)/t69?,72-,73-,74-,75-,76-,77+,78-/m0/s1. The van der Waals surface area contributed by atoms with E-state index in [-0.39, 0.29) is 200 Å². The molecule has 5 aromatic rings. The first-order valence-electron chi connectivity index (χ1n) is 48.6. The van der Waals surface area contributed by atoms with Gasteiger partial charge in [-0.2, -0.15) is 0 Å². The number of carboxylic acids is 6. The number of carbonyl (C=O) groups is 18. The minimum atomic E-state index is -1.83. The van der Waals surface area contributed by atoms with Crippen molar-refractivity contribution in [1.82, 2.24) is 103 Å². The predicted octanol–water partition coefficient (Wildman–Crippen LogP) is -2.07. The first-order valence-corrected chi connectivity index (χ1v) is 49.0. The van der Waals surface area contributed by atoms with Crippen LogP contribution >= 0.6 is 12.2 Å². The Morgan fingerprint density at radius 2 is 0.993 bits per heavy atom. The second-order valence-corrected chi connectivity index (χ2v) is 36.5. The van der Waals surface area contributed by atoms with Crippen LogP contribution < -0.4 is 63.8 Å². The molecule has 790 valence electrons. The van der Waals surface area contributed by atoms with Crippen LogP contribution in [0.5, 0.6) is 0 Å². The highest BCUT2D eigenvalue weighted by Crippen LogP contribution is 2.24. The van der Waals surface area contributed by atoms with E-state index in [0.717, 1.165) is 28.2 Å². The van der Waals surface area contributed by atoms with Gasteiger partial charge in [0.25, 0.3) is 0 Å². The van der Waals surface area contributed by atoms with Crippen LogP contribution in [-0.4, -0.2) is 413 Å². The second-order valence-electron chi connectivity index (χ2n) is 36.1. The molecule has 48 heteroatoms. The highest BCUT2D eigenvalue weighted by atomic mass is 32.1. The Hall–Kier alpha value is -13.9. The van der Waals surface area contributed by atoms with Crippen LogP contribution in [0.3, 0.4) is 0 Å². The number of nitrogens with zero attached hydrogens (tertiary/aromatic N) is 8. The minimum absolute atomic E-state index is 0.000360. The topological polar surface area (TPSA) is 633 Å². The van der Waals surface area contributed by atoms with Crippen LogP contribution in [0.2, 0.25) is 0 Å². The largest absolute Gasteiger partial charge is 0.481 e. The van der Waals surface area contributed by atoms with Crippen molar-refractivity contribution < 1.29 is 126 Å². The number of aliphatic carboxylic acids is 6. The van der Waals surface area contributed by atoms with E-state index in [1.807, 2.05) is 19.1 Å². The van der Waals surface area contributed by atoms with E-state index >= 15 is 14.4 Å². The van der Waals surface area contributed by atoms with E-state index < -0.39 is 194 Å². The minimum Gasteiger partial charge on any atom is -0.481 e. The average molecular weight is 2040 g/mol. The lowest BCUT2D eigenvalue weighted by Gasteiger charge is -2.37. The normalized spacial score (nSPS) is 20.7. The summed E-state index contributed by atoms with van der Waals surface area (Å²) in [5.74, 6) is -16.5. The molecule has 47 nitrogen and oxygen atoms in total. The number of amides is 13. The van der Waals surface area contributed by atoms with Gasteiger partial charge in [0, 0.05) is 153 Å². The molecule has 5 heterocycles. The number of para-hydroxylation sites is 1. The number of unbranched alkanes of at least 4 members (excludes halogenated alkanes) is 4. The number of piperazine rings is 1. The summed E-state index contributed by atoms with van der Waals surface area (Å²) in [5, 5.41) is 92.4. The number of carboxylic acid groups (broad SMARTS) is 6. The number of aromatic amines is 1. The lowest BCUT2D eigenvalue weighted by atomic mass is 9.99. The second kappa shape index (κ2) is 60.0. The van der Waals surface area contributed by atoms with E-state index in [0.29, 0.717) is 64.8 Å². The zero-order valence-corrected chi connectivity index (χ0v) is 82.4. The summed E-state index contributed by atoms with van der Waals surface area (Å²) in [7, 11) is 1.32. The molecule has 4 aliphatic heterocycles. The molecule has 4 fully saturated rings. The zero-order valence-electron chi connectivity index (χ0n) is 81.5. The van der Waals surface area contributed by atoms with Crippen molar-refractivity contribution in [2.45, 2.75) is 158 Å². The fourth-order valence-corrected chi connectivity index (χ4v) is 17.5. The van der Waals surface area contributed by atoms with Crippen LogP contribution in [0.1, 0.15) is 105 Å². The van der Waals surface area contributed by atoms with Crippen LogP contribution in [0.25, 0.3) is 10.9 Å². The van der Waals surface area contributed by atoms with E-state index in [1.165, 1.54) is 11.9 Å². The molecule has 8 atom stereocenters. The van der Waals surface area contributed by atoms with Gasteiger partial charge < -0.3 is 124 Å². The number of H-pyrrole nitrogens is 1. The SMILES string of the molecule is CCCCCC[C@@H]1NC(=O)[C@H](Cc2ccc(CNC(=O)COCCOCCNC(=S)Nc3ccc(CC4CN(CC(=O)O)CCN(CC(=O)O)CCN(CC(=O)O)CCN4CC(=O)O)cc3)cc2)NC(=O)[C@H](Cc2ccccc2)N(C)C(=O)CNC(=O)CNC(=O)[C@H]2CCCN2C(=O)[C@H](CC(=O)O)NC(=O)[C@H](CCCCNC(=O)N2CCN(CC(=O)O)CC2)NC(=O)CNC(=O)[C@H](Cc2c[nH]c3ccccc23)NC1=O. The molecular weight excluding hydrogens is 1910 g/mol. The van der Waals surface area contributed by atoms with Gasteiger partial charge in [0.05, 0.1) is 78.6 Å². The molecular formula is C97H135N21O26S. The monoisotopic (exact) mass is 2040 g/mol. The summed E-state index contributed by atoms with van der Waals surface area (Å²) in [5.41, 5.74) is 4.24. The van der Waals surface area contributed by atoms with Crippen LogP contribution in [0, 0.1) is 0 Å². The number of urea groups is 1. The van der Waals surface area contributed by atoms with Crippen molar-refractivity contribution in [1.29, 1.82) is 0 Å². The van der Waals surface area contributed by atoms with Crippen molar-refractivity contribution in [2.24, 2.45) is 0 Å². The molecule has 0 saturated carbocycles. The van der Waals surface area contributed by atoms with E-state index in [4.69, 9.17) is 21.7 Å². The van der Waals surface area contributed by atoms with Crippen LogP contribution in [0.15, 0.2) is 109 Å². The van der Waals surface area contributed by atoms with Crippen LogP contribution in [-0.2, 0) is 123 Å². The van der Waals surface area contributed by atoms with E-state index in [2.05, 4.69) is 68.8 Å². The lowest BCUT2D eigenvalue weighted by molar-refractivity contribution is -0.146. The maximum atomic E-state index is 15.5. The van der Waals surface area contributed by atoms with Crippen LogP contribution in [0.4, 0.5) is 10.5 Å². The molecule has 0 aliphatic carbocycles. The molecule has 1 aromatic heterocycles. The number of benzene rings is 4. The van der Waals surface area contributed by atoms with Gasteiger partial charge in [0.2, 0.25) is 65.0 Å². The Morgan fingerprint density at radius 3 is 1.65 bits per heavy atom. The number of hydrogen-bond donors (Lipinski definition) is 19. The predicted molar refractivity (Wildman–Crippen MR) is 529 cm³/mol. The molecule has 4 aromatic carbocycles. The molecule has 9 rings (SSSR count). The van der Waals surface area contributed by atoms with Gasteiger partial charge in [-0.15, -0.1) is 0 Å². The molecule has 145 heavy (non-hydrogen) atoms. The number of hydrogen-bond acceptors (Lipinski definition) is 26. The third kappa shape index (κ3) is 40.3. The Morgan fingerprint density at radius 1 is 0.455 bits per heavy atom. The molecule has 1 unspecified atom stereocenters. The quantitative estimate of drug-likeness (QED) is 0.0148. The van der Waals surface area contributed by atoms with Gasteiger partial charge >= 0.3 is 41.8 Å². The fourth-order valence-electron chi connectivity index (χ4n) is 17.3. The fraction of sp³-hybridized carbons (Fsp3) is 0.536. The maximum absolute atomic E-state index is 15.5. The summed E-state index contributed by atoms with van der Waals surface area (Å²) < 4.78 is 11.3. The number of nitrogens with one attached hydrogen (secondary N) is 13. The van der Waals surface area contributed by atoms with Gasteiger partial charge in [-0.1, -0.05) is 118 Å². The summed E-state index contributed by atoms with van der Waals surface area (Å²) in [6, 6.07) is 18.0. The van der Waals surface area contributed by atoms with Crippen molar-refractivity contribution in [3.63, 3.8) is 0 Å². The molecule has 4 saturated heterocycles. The average Bonchev–Trinajstić information content (AvgIpc) is 1.48. The van der Waals surface area contributed by atoms with Gasteiger partial charge in [-0.3, -0.25) is 106 Å². The van der Waals surface area contributed by atoms with Crippen molar-refractivity contribution in [3.05, 3.63) is 137 Å². The Bertz CT molecular complexity index is 5230.